The average Bonchev–Trinajstić information content (AvgIpc) is 3.18. The van der Waals surface area contributed by atoms with E-state index >= 15 is 0 Å². The van der Waals surface area contributed by atoms with Gasteiger partial charge in [-0.1, -0.05) is 12.8 Å². The minimum atomic E-state index is -3.44. The predicted octanol–water partition coefficient (Wildman–Crippen LogP) is 1.86. The minimum absolute atomic E-state index is 0.141. The highest BCUT2D eigenvalue weighted by Gasteiger charge is 2.40. The summed E-state index contributed by atoms with van der Waals surface area (Å²) < 4.78 is 29.2. The largest absolute Gasteiger partial charge is 0.390 e. The molecule has 0 aromatic carbocycles. The molecular weight excluding hydrogens is 288 g/mol. The second-order valence-electron chi connectivity index (χ2n) is 6.31. The fourth-order valence-electron chi connectivity index (χ4n) is 3.89. The van der Waals surface area contributed by atoms with E-state index < -0.39 is 10.0 Å². The maximum atomic E-state index is 12.9. The summed E-state index contributed by atoms with van der Waals surface area (Å²) in [6, 6.07) is 1.77. The summed E-state index contributed by atoms with van der Waals surface area (Å²) >= 11 is 0. The average molecular weight is 312 g/mol. The standard InChI is InChI=1S/C15H24N2O3S/c1-16-10-14(9-13(16)11-18)21(19,20)17-8-4-7-15(17)12-5-2-3-6-12/h9-10,12,15,18H,2-8,11H2,1H3. The fraction of sp³-hybridized carbons (Fsp3) is 0.733. The van der Waals surface area contributed by atoms with E-state index in [9.17, 15) is 13.5 Å². The highest BCUT2D eigenvalue weighted by Crippen LogP contribution is 2.38. The highest BCUT2D eigenvalue weighted by molar-refractivity contribution is 7.89. The predicted molar refractivity (Wildman–Crippen MR) is 80.2 cm³/mol. The summed E-state index contributed by atoms with van der Waals surface area (Å²) in [4.78, 5) is 0.318. The molecule has 0 spiro atoms. The molecule has 118 valence electrons. The zero-order chi connectivity index (χ0) is 15.0. The number of rotatable bonds is 4. The molecule has 0 bridgehead atoms. The van der Waals surface area contributed by atoms with E-state index in [1.165, 1.54) is 12.8 Å². The lowest BCUT2D eigenvalue weighted by Crippen LogP contribution is -2.39. The van der Waals surface area contributed by atoms with Crippen LogP contribution in [-0.4, -0.2) is 35.0 Å². The monoisotopic (exact) mass is 312 g/mol. The van der Waals surface area contributed by atoms with Gasteiger partial charge in [-0.25, -0.2) is 8.42 Å². The Kier molecular flexibility index (Phi) is 4.12. The third-order valence-electron chi connectivity index (χ3n) is 5.04. The van der Waals surface area contributed by atoms with Gasteiger partial charge in [0, 0.05) is 31.5 Å². The number of hydrogen-bond donors (Lipinski definition) is 1. The molecule has 2 heterocycles. The summed E-state index contributed by atoms with van der Waals surface area (Å²) in [5.41, 5.74) is 0.630. The van der Waals surface area contributed by atoms with Crippen LogP contribution in [0.15, 0.2) is 17.2 Å². The van der Waals surface area contributed by atoms with Crippen molar-refractivity contribution in [2.75, 3.05) is 6.54 Å². The van der Waals surface area contributed by atoms with Crippen LogP contribution in [0, 0.1) is 5.92 Å². The van der Waals surface area contributed by atoms with Crippen molar-refractivity contribution in [3.8, 4) is 0 Å². The van der Waals surface area contributed by atoms with E-state index in [0.717, 1.165) is 25.7 Å². The minimum Gasteiger partial charge on any atom is -0.390 e. The maximum Gasteiger partial charge on any atom is 0.244 e. The Morgan fingerprint density at radius 2 is 1.95 bits per heavy atom. The molecule has 6 heteroatoms. The van der Waals surface area contributed by atoms with Crippen LogP contribution in [0.1, 0.15) is 44.2 Å². The van der Waals surface area contributed by atoms with Gasteiger partial charge in [-0.2, -0.15) is 4.31 Å². The van der Waals surface area contributed by atoms with Gasteiger partial charge >= 0.3 is 0 Å². The summed E-state index contributed by atoms with van der Waals surface area (Å²) in [5, 5.41) is 9.26. The first kappa shape index (κ1) is 15.1. The molecule has 21 heavy (non-hydrogen) atoms. The van der Waals surface area contributed by atoms with Gasteiger partial charge in [0.2, 0.25) is 10.0 Å². The van der Waals surface area contributed by atoms with Crippen LogP contribution >= 0.6 is 0 Å². The molecule has 2 aliphatic rings. The Labute approximate surface area is 126 Å². The first-order chi connectivity index (χ1) is 10.0. The van der Waals surface area contributed by atoms with Crippen LogP contribution < -0.4 is 0 Å². The third-order valence-corrected chi connectivity index (χ3v) is 6.93. The zero-order valence-corrected chi connectivity index (χ0v) is 13.3. The van der Waals surface area contributed by atoms with Gasteiger partial charge in [-0.15, -0.1) is 0 Å². The normalized spacial score (nSPS) is 25.0. The Balaban J connectivity index is 1.89. The molecule has 1 unspecified atom stereocenters. The van der Waals surface area contributed by atoms with Gasteiger partial charge in [-0.3, -0.25) is 0 Å². The van der Waals surface area contributed by atoms with Crippen LogP contribution in [0.5, 0.6) is 0 Å². The fourth-order valence-corrected chi connectivity index (χ4v) is 5.74. The topological polar surface area (TPSA) is 62.5 Å². The molecule has 2 fully saturated rings. The van der Waals surface area contributed by atoms with Crippen LogP contribution in [0.3, 0.4) is 0 Å². The lowest BCUT2D eigenvalue weighted by atomic mass is 9.97. The quantitative estimate of drug-likeness (QED) is 0.923. The Hall–Kier alpha value is -0.850. The van der Waals surface area contributed by atoms with Crippen molar-refractivity contribution in [1.29, 1.82) is 0 Å². The molecule has 1 atom stereocenters. The Bertz CT molecular complexity index is 602. The molecule has 0 amide bonds. The number of aryl methyl sites for hydroxylation is 1. The summed E-state index contributed by atoms with van der Waals surface area (Å²) in [6.07, 6.45) is 8.35. The first-order valence-electron chi connectivity index (χ1n) is 7.82. The van der Waals surface area contributed by atoms with E-state index in [-0.39, 0.29) is 12.6 Å². The molecule has 1 saturated heterocycles. The lowest BCUT2D eigenvalue weighted by molar-refractivity contribution is 0.272. The van der Waals surface area contributed by atoms with Gasteiger partial charge in [-0.05, 0) is 37.7 Å². The van der Waals surface area contributed by atoms with Crippen molar-refractivity contribution in [2.45, 2.75) is 56.1 Å². The number of hydrogen-bond acceptors (Lipinski definition) is 3. The van der Waals surface area contributed by atoms with Crippen LogP contribution in [-0.2, 0) is 23.7 Å². The number of nitrogens with zero attached hydrogens (tertiary/aromatic N) is 2. The van der Waals surface area contributed by atoms with E-state index in [2.05, 4.69) is 0 Å². The SMILES string of the molecule is Cn1cc(S(=O)(=O)N2CCCC2C2CCCC2)cc1CO. The van der Waals surface area contributed by atoms with E-state index in [1.54, 1.807) is 28.2 Å². The smallest absolute Gasteiger partial charge is 0.244 e. The molecule has 1 aliphatic carbocycles. The van der Waals surface area contributed by atoms with Crippen molar-refractivity contribution in [3.63, 3.8) is 0 Å². The summed E-state index contributed by atoms with van der Waals surface area (Å²) in [6.45, 7) is 0.491. The molecule has 3 rings (SSSR count). The van der Waals surface area contributed by atoms with Crippen molar-refractivity contribution in [2.24, 2.45) is 13.0 Å². The van der Waals surface area contributed by atoms with Crippen molar-refractivity contribution in [3.05, 3.63) is 18.0 Å². The molecule has 1 saturated carbocycles. The first-order valence-corrected chi connectivity index (χ1v) is 9.26. The van der Waals surface area contributed by atoms with Gasteiger partial charge in [0.15, 0.2) is 0 Å². The molecule has 5 nitrogen and oxygen atoms in total. The number of aliphatic hydroxyl groups is 1. The molecule has 1 N–H and O–H groups in total. The summed E-state index contributed by atoms with van der Waals surface area (Å²) in [7, 11) is -1.67. The van der Waals surface area contributed by atoms with E-state index in [4.69, 9.17) is 0 Å². The number of aromatic nitrogens is 1. The third kappa shape index (κ3) is 2.64. The molecule has 1 aliphatic heterocycles. The lowest BCUT2D eigenvalue weighted by Gasteiger charge is -2.28. The van der Waals surface area contributed by atoms with Crippen molar-refractivity contribution >= 4 is 10.0 Å². The van der Waals surface area contributed by atoms with Crippen LogP contribution in [0.2, 0.25) is 0 Å². The van der Waals surface area contributed by atoms with Gasteiger partial charge in [0.1, 0.15) is 4.90 Å². The molecule has 1 aromatic rings. The molecule has 0 radical (unpaired) electrons. The van der Waals surface area contributed by atoms with Crippen molar-refractivity contribution in [1.82, 2.24) is 8.87 Å². The second kappa shape index (κ2) is 5.74. The molecule has 1 aromatic heterocycles. The number of sulfonamides is 1. The van der Waals surface area contributed by atoms with E-state index in [1.807, 2.05) is 0 Å². The van der Waals surface area contributed by atoms with Gasteiger partial charge < -0.3 is 9.67 Å². The Morgan fingerprint density at radius 1 is 1.24 bits per heavy atom. The van der Waals surface area contributed by atoms with Crippen LogP contribution in [0.4, 0.5) is 0 Å². The van der Waals surface area contributed by atoms with Crippen LogP contribution in [0.25, 0.3) is 0 Å². The van der Waals surface area contributed by atoms with Gasteiger partial charge in [0.05, 0.1) is 6.61 Å². The summed E-state index contributed by atoms with van der Waals surface area (Å²) in [5.74, 6) is 0.531. The second-order valence-corrected chi connectivity index (χ2v) is 8.20. The van der Waals surface area contributed by atoms with E-state index in [0.29, 0.717) is 23.1 Å². The van der Waals surface area contributed by atoms with Gasteiger partial charge in [0.25, 0.3) is 0 Å². The number of aliphatic hydroxyl groups excluding tert-OH is 1. The maximum absolute atomic E-state index is 12.9. The highest BCUT2D eigenvalue weighted by atomic mass is 32.2. The molecular formula is C15H24N2O3S. The van der Waals surface area contributed by atoms with Crippen molar-refractivity contribution < 1.29 is 13.5 Å². The Morgan fingerprint density at radius 3 is 2.57 bits per heavy atom. The zero-order valence-electron chi connectivity index (χ0n) is 12.5.